The molecule has 23 heavy (non-hydrogen) atoms. The number of nitrogens with one attached hydrogen (secondary N) is 1. The van der Waals surface area contributed by atoms with Crippen LogP contribution in [-0.4, -0.2) is 38.7 Å². The Hall–Kier alpha value is -1.99. The van der Waals surface area contributed by atoms with Crippen LogP contribution in [0.5, 0.6) is 0 Å². The number of nitrogens with zero attached hydrogens (tertiary/aromatic N) is 3. The van der Waals surface area contributed by atoms with Crippen LogP contribution in [0.15, 0.2) is 24.4 Å². The number of carbonyl (C=O) groups excluding carboxylic acids is 1. The van der Waals surface area contributed by atoms with Crippen LogP contribution < -0.4 is 5.32 Å². The molecule has 2 aromatic rings. The van der Waals surface area contributed by atoms with Gasteiger partial charge in [-0.1, -0.05) is 36.7 Å². The molecule has 1 amide bonds. The SMILES string of the molecule is CC(C)CC(O)CNC(=O)c1cn(-c2cccc(Cl)c2F)nn1. The minimum Gasteiger partial charge on any atom is -0.391 e. The molecule has 1 aromatic carbocycles. The number of aliphatic hydroxyl groups excluding tert-OH is 1. The number of hydrogen-bond donors (Lipinski definition) is 2. The van der Waals surface area contributed by atoms with Gasteiger partial charge in [0.2, 0.25) is 0 Å². The zero-order valence-corrected chi connectivity index (χ0v) is 13.6. The van der Waals surface area contributed by atoms with E-state index in [1.807, 2.05) is 13.8 Å². The normalized spacial score (nSPS) is 12.4. The van der Waals surface area contributed by atoms with Gasteiger partial charge in [0, 0.05) is 6.54 Å². The highest BCUT2D eigenvalue weighted by molar-refractivity contribution is 6.30. The van der Waals surface area contributed by atoms with E-state index in [9.17, 15) is 14.3 Å². The molecule has 0 aliphatic heterocycles. The van der Waals surface area contributed by atoms with Gasteiger partial charge in [-0.25, -0.2) is 9.07 Å². The van der Waals surface area contributed by atoms with Gasteiger partial charge in [0.25, 0.3) is 5.91 Å². The fourth-order valence-corrected chi connectivity index (χ4v) is 2.25. The van der Waals surface area contributed by atoms with E-state index in [1.165, 1.54) is 18.3 Å². The van der Waals surface area contributed by atoms with Crippen LogP contribution in [0.1, 0.15) is 30.8 Å². The van der Waals surface area contributed by atoms with Crippen molar-refractivity contribution in [2.45, 2.75) is 26.4 Å². The van der Waals surface area contributed by atoms with Crippen LogP contribution in [0, 0.1) is 11.7 Å². The summed E-state index contributed by atoms with van der Waals surface area (Å²) < 4.78 is 15.1. The van der Waals surface area contributed by atoms with Gasteiger partial charge < -0.3 is 10.4 Å². The average molecular weight is 341 g/mol. The second kappa shape index (κ2) is 7.52. The van der Waals surface area contributed by atoms with E-state index in [2.05, 4.69) is 15.6 Å². The van der Waals surface area contributed by atoms with E-state index >= 15 is 0 Å². The topological polar surface area (TPSA) is 80.0 Å². The Labute approximate surface area is 138 Å². The van der Waals surface area contributed by atoms with E-state index < -0.39 is 17.8 Å². The van der Waals surface area contributed by atoms with E-state index in [4.69, 9.17) is 11.6 Å². The second-order valence-corrected chi connectivity index (χ2v) is 6.02. The van der Waals surface area contributed by atoms with Crippen LogP contribution in [0.2, 0.25) is 5.02 Å². The van der Waals surface area contributed by atoms with Crippen LogP contribution in [0.4, 0.5) is 4.39 Å². The van der Waals surface area contributed by atoms with E-state index in [0.29, 0.717) is 12.3 Å². The smallest absolute Gasteiger partial charge is 0.273 e. The van der Waals surface area contributed by atoms with Gasteiger partial charge in [0.1, 0.15) is 5.69 Å². The van der Waals surface area contributed by atoms with Gasteiger partial charge in [0.05, 0.1) is 17.3 Å². The quantitative estimate of drug-likeness (QED) is 0.844. The van der Waals surface area contributed by atoms with Crippen molar-refractivity contribution in [3.63, 3.8) is 0 Å². The van der Waals surface area contributed by atoms with Gasteiger partial charge in [0.15, 0.2) is 11.5 Å². The minimum absolute atomic E-state index is 0.0288. The van der Waals surface area contributed by atoms with Gasteiger partial charge in [-0.3, -0.25) is 4.79 Å². The fourth-order valence-electron chi connectivity index (χ4n) is 2.08. The summed E-state index contributed by atoms with van der Waals surface area (Å²) in [6.07, 6.45) is 1.26. The summed E-state index contributed by atoms with van der Waals surface area (Å²) in [6.45, 7) is 4.09. The first-order valence-corrected chi connectivity index (χ1v) is 7.59. The fraction of sp³-hybridized carbons (Fsp3) is 0.400. The molecule has 124 valence electrons. The van der Waals surface area contributed by atoms with Crippen LogP contribution in [-0.2, 0) is 0 Å². The van der Waals surface area contributed by atoms with E-state index in [-0.39, 0.29) is 22.9 Å². The van der Waals surface area contributed by atoms with Gasteiger partial charge >= 0.3 is 0 Å². The Morgan fingerprint density at radius 3 is 2.91 bits per heavy atom. The van der Waals surface area contributed by atoms with Crippen LogP contribution in [0.3, 0.4) is 0 Å². The molecular weight excluding hydrogens is 323 g/mol. The number of rotatable bonds is 6. The molecule has 0 radical (unpaired) electrons. The molecule has 0 aliphatic carbocycles. The Morgan fingerprint density at radius 2 is 2.22 bits per heavy atom. The first-order valence-electron chi connectivity index (χ1n) is 7.21. The second-order valence-electron chi connectivity index (χ2n) is 5.61. The lowest BCUT2D eigenvalue weighted by Crippen LogP contribution is -2.33. The molecule has 0 spiro atoms. The molecule has 1 unspecified atom stereocenters. The Bertz CT molecular complexity index is 690. The van der Waals surface area contributed by atoms with Crippen molar-refractivity contribution in [3.05, 3.63) is 40.9 Å². The Balaban J connectivity index is 2.04. The third-order valence-electron chi connectivity index (χ3n) is 3.15. The molecule has 0 saturated carbocycles. The highest BCUT2D eigenvalue weighted by Gasteiger charge is 2.16. The zero-order valence-electron chi connectivity index (χ0n) is 12.8. The molecule has 1 heterocycles. The maximum absolute atomic E-state index is 13.9. The van der Waals surface area contributed by atoms with Crippen LogP contribution in [0.25, 0.3) is 5.69 Å². The molecule has 0 fully saturated rings. The minimum atomic E-state index is -0.640. The summed E-state index contributed by atoms with van der Waals surface area (Å²) in [5.41, 5.74) is 0.130. The maximum atomic E-state index is 13.9. The zero-order chi connectivity index (χ0) is 17.0. The molecule has 0 aliphatic rings. The van der Waals surface area contributed by atoms with Crippen LogP contribution >= 0.6 is 11.6 Å². The molecule has 1 atom stereocenters. The average Bonchev–Trinajstić information content (AvgIpc) is 2.96. The molecule has 6 nitrogen and oxygen atoms in total. The number of hydrogen-bond acceptors (Lipinski definition) is 4. The largest absolute Gasteiger partial charge is 0.391 e. The van der Waals surface area contributed by atoms with Gasteiger partial charge in [-0.05, 0) is 24.5 Å². The summed E-state index contributed by atoms with van der Waals surface area (Å²) in [4.78, 5) is 12.0. The number of aromatic nitrogens is 3. The van der Waals surface area contributed by atoms with Crippen molar-refractivity contribution in [2.24, 2.45) is 5.92 Å². The summed E-state index contributed by atoms with van der Waals surface area (Å²) >= 11 is 5.72. The molecule has 1 aromatic heterocycles. The van der Waals surface area contributed by atoms with Crippen molar-refractivity contribution in [1.29, 1.82) is 0 Å². The first-order chi connectivity index (χ1) is 10.9. The molecular formula is C15H18ClFN4O2. The van der Waals surface area contributed by atoms with Crippen molar-refractivity contribution in [2.75, 3.05) is 6.54 Å². The molecule has 0 saturated heterocycles. The predicted molar refractivity (Wildman–Crippen MR) is 84.1 cm³/mol. The maximum Gasteiger partial charge on any atom is 0.273 e. The summed E-state index contributed by atoms with van der Waals surface area (Å²) in [7, 11) is 0. The number of halogens is 2. The van der Waals surface area contributed by atoms with E-state index in [1.54, 1.807) is 6.07 Å². The summed E-state index contributed by atoms with van der Waals surface area (Å²) in [5.74, 6) is -0.798. The highest BCUT2D eigenvalue weighted by Crippen LogP contribution is 2.20. The number of carbonyl (C=O) groups is 1. The Kier molecular flexibility index (Phi) is 5.68. The highest BCUT2D eigenvalue weighted by atomic mass is 35.5. The lowest BCUT2D eigenvalue weighted by atomic mass is 10.1. The standard InChI is InChI=1S/C15H18ClFN4O2/c1-9(2)6-10(22)7-18-15(23)12-8-21(20-19-12)13-5-3-4-11(16)14(13)17/h3-5,8-10,22H,6-7H2,1-2H3,(H,18,23). The Morgan fingerprint density at radius 1 is 1.48 bits per heavy atom. The molecule has 2 rings (SSSR count). The van der Waals surface area contributed by atoms with Crippen molar-refractivity contribution in [3.8, 4) is 5.69 Å². The van der Waals surface area contributed by atoms with Crippen molar-refractivity contribution in [1.82, 2.24) is 20.3 Å². The van der Waals surface area contributed by atoms with E-state index in [0.717, 1.165) is 4.68 Å². The third kappa shape index (κ3) is 4.49. The molecule has 0 bridgehead atoms. The lowest BCUT2D eigenvalue weighted by Gasteiger charge is -2.13. The number of benzene rings is 1. The predicted octanol–water partition coefficient (Wildman–Crippen LogP) is 2.20. The molecule has 2 N–H and O–H groups in total. The number of aliphatic hydroxyl groups is 1. The van der Waals surface area contributed by atoms with Gasteiger partial charge in [-0.2, -0.15) is 0 Å². The van der Waals surface area contributed by atoms with Crippen molar-refractivity contribution < 1.29 is 14.3 Å². The lowest BCUT2D eigenvalue weighted by molar-refractivity contribution is 0.0895. The number of amides is 1. The monoisotopic (exact) mass is 340 g/mol. The first kappa shape index (κ1) is 17.4. The summed E-state index contributed by atoms with van der Waals surface area (Å²) in [5, 5.41) is 19.7. The molecule has 8 heteroatoms. The van der Waals surface area contributed by atoms with Gasteiger partial charge in [-0.15, -0.1) is 5.10 Å². The van der Waals surface area contributed by atoms with Crippen molar-refractivity contribution >= 4 is 17.5 Å². The third-order valence-corrected chi connectivity index (χ3v) is 3.44. The summed E-state index contributed by atoms with van der Waals surface area (Å²) in [6, 6.07) is 4.47.